The van der Waals surface area contributed by atoms with Crippen molar-refractivity contribution < 1.29 is 4.74 Å². The van der Waals surface area contributed by atoms with Gasteiger partial charge in [0.05, 0.1) is 11.3 Å². The Hall–Kier alpha value is -1.33. The van der Waals surface area contributed by atoms with Crippen LogP contribution in [0, 0.1) is 0 Å². The minimum absolute atomic E-state index is 0.600. The molecule has 0 radical (unpaired) electrons. The molecule has 19 heavy (non-hydrogen) atoms. The first kappa shape index (κ1) is 12.7. The van der Waals surface area contributed by atoms with Gasteiger partial charge in [-0.3, -0.25) is 0 Å². The topological polar surface area (TPSA) is 51.4 Å². The van der Waals surface area contributed by atoms with Crippen molar-refractivity contribution in [3.05, 3.63) is 18.2 Å². The van der Waals surface area contributed by atoms with Crippen LogP contribution in [0.5, 0.6) is 5.75 Å². The summed E-state index contributed by atoms with van der Waals surface area (Å²) in [4.78, 5) is 6.83. The number of rotatable bonds is 5. The van der Waals surface area contributed by atoms with Crippen LogP contribution in [-0.4, -0.2) is 36.1 Å². The number of hydrogen-bond donors (Lipinski definition) is 1. The number of para-hydroxylation sites is 1. The van der Waals surface area contributed by atoms with Gasteiger partial charge in [-0.15, -0.1) is 0 Å². The quantitative estimate of drug-likeness (QED) is 0.854. The predicted molar refractivity (Wildman–Crippen MR) is 79.8 cm³/mol. The van der Waals surface area contributed by atoms with E-state index in [1.54, 1.807) is 0 Å². The number of ether oxygens (including phenoxy) is 1. The predicted octanol–water partition coefficient (Wildman–Crippen LogP) is 2.74. The zero-order chi connectivity index (χ0) is 13.1. The Kier molecular flexibility index (Phi) is 3.84. The van der Waals surface area contributed by atoms with Crippen LogP contribution in [0.3, 0.4) is 0 Å². The lowest BCUT2D eigenvalue weighted by atomic mass is 10.3. The first-order valence-electron chi connectivity index (χ1n) is 6.83. The highest BCUT2D eigenvalue weighted by Gasteiger charge is 2.11. The van der Waals surface area contributed by atoms with Gasteiger partial charge in [-0.1, -0.05) is 17.4 Å². The van der Waals surface area contributed by atoms with E-state index in [-0.39, 0.29) is 0 Å². The molecule has 1 aliphatic heterocycles. The molecule has 0 aliphatic carbocycles. The lowest BCUT2D eigenvalue weighted by Crippen LogP contribution is -2.21. The third kappa shape index (κ3) is 2.98. The number of fused-ring (bicyclic) bond motifs is 1. The Bertz CT molecular complexity index is 549. The molecule has 0 saturated carbocycles. The molecular weight excluding hydrogens is 258 g/mol. The maximum Gasteiger partial charge on any atom is 0.181 e. The van der Waals surface area contributed by atoms with Gasteiger partial charge in [-0.25, -0.2) is 4.98 Å². The zero-order valence-electron chi connectivity index (χ0n) is 11.0. The van der Waals surface area contributed by atoms with E-state index in [0.29, 0.717) is 5.13 Å². The highest BCUT2D eigenvalue weighted by Crippen LogP contribution is 2.30. The van der Waals surface area contributed by atoms with Gasteiger partial charge < -0.3 is 15.4 Å². The van der Waals surface area contributed by atoms with Crippen molar-refractivity contribution in [3.63, 3.8) is 0 Å². The van der Waals surface area contributed by atoms with Crippen molar-refractivity contribution >= 4 is 26.7 Å². The first-order chi connectivity index (χ1) is 9.33. The first-order valence-corrected chi connectivity index (χ1v) is 7.65. The highest BCUT2D eigenvalue weighted by atomic mass is 32.1. The van der Waals surface area contributed by atoms with E-state index in [2.05, 4.69) is 9.88 Å². The van der Waals surface area contributed by atoms with Gasteiger partial charge in [0.2, 0.25) is 0 Å². The fourth-order valence-corrected chi connectivity index (χ4v) is 3.29. The van der Waals surface area contributed by atoms with Crippen molar-refractivity contribution in [2.75, 3.05) is 32.0 Å². The van der Waals surface area contributed by atoms with Gasteiger partial charge in [0.1, 0.15) is 11.3 Å². The molecule has 1 aromatic carbocycles. The Morgan fingerprint density at radius 2 is 2.16 bits per heavy atom. The van der Waals surface area contributed by atoms with Crippen LogP contribution in [0.1, 0.15) is 19.3 Å². The van der Waals surface area contributed by atoms with E-state index in [9.17, 15) is 0 Å². The molecule has 0 unspecified atom stereocenters. The van der Waals surface area contributed by atoms with Crippen molar-refractivity contribution in [1.29, 1.82) is 0 Å². The molecule has 3 rings (SSSR count). The standard InChI is InChI=1S/C14H19N3OS/c15-14-16-13-11(5-3-6-12(13)19-14)18-10-4-9-17-7-1-2-8-17/h3,5-6H,1-2,4,7-10H2,(H2,15,16). The van der Waals surface area contributed by atoms with Crippen LogP contribution in [0.2, 0.25) is 0 Å². The second-order valence-electron chi connectivity index (χ2n) is 4.91. The van der Waals surface area contributed by atoms with E-state index in [4.69, 9.17) is 10.5 Å². The van der Waals surface area contributed by atoms with Gasteiger partial charge in [-0.2, -0.15) is 0 Å². The van der Waals surface area contributed by atoms with Crippen LogP contribution in [-0.2, 0) is 0 Å². The summed E-state index contributed by atoms with van der Waals surface area (Å²) in [5.41, 5.74) is 6.64. The Labute approximate surface area is 117 Å². The minimum Gasteiger partial charge on any atom is -0.491 e. The normalized spacial score (nSPS) is 16.2. The van der Waals surface area contributed by atoms with Crippen LogP contribution in [0.25, 0.3) is 10.2 Å². The summed E-state index contributed by atoms with van der Waals surface area (Å²) >= 11 is 1.50. The van der Waals surface area contributed by atoms with Gasteiger partial charge >= 0.3 is 0 Å². The number of thiazole rings is 1. The van der Waals surface area contributed by atoms with Crippen LogP contribution in [0.15, 0.2) is 18.2 Å². The average molecular weight is 277 g/mol. The molecule has 102 valence electrons. The van der Waals surface area contributed by atoms with Crippen LogP contribution in [0.4, 0.5) is 5.13 Å². The largest absolute Gasteiger partial charge is 0.491 e. The Balaban J connectivity index is 1.56. The molecule has 0 spiro atoms. The number of nitrogens with zero attached hydrogens (tertiary/aromatic N) is 2. The molecular formula is C14H19N3OS. The van der Waals surface area contributed by atoms with Gasteiger partial charge in [0, 0.05) is 6.54 Å². The monoisotopic (exact) mass is 277 g/mol. The highest BCUT2D eigenvalue weighted by molar-refractivity contribution is 7.22. The van der Waals surface area contributed by atoms with Crippen molar-refractivity contribution in [3.8, 4) is 5.75 Å². The summed E-state index contributed by atoms with van der Waals surface area (Å²) in [6.45, 7) is 4.37. The van der Waals surface area contributed by atoms with Crippen molar-refractivity contribution in [1.82, 2.24) is 9.88 Å². The lowest BCUT2D eigenvalue weighted by molar-refractivity contribution is 0.265. The molecule has 1 aromatic heterocycles. The Morgan fingerprint density at radius 3 is 3.00 bits per heavy atom. The van der Waals surface area contributed by atoms with E-state index >= 15 is 0 Å². The third-order valence-corrected chi connectivity index (χ3v) is 4.32. The molecule has 2 aromatic rings. The number of aromatic nitrogens is 1. The smallest absolute Gasteiger partial charge is 0.181 e. The number of likely N-dealkylation sites (tertiary alicyclic amines) is 1. The van der Waals surface area contributed by atoms with Crippen molar-refractivity contribution in [2.24, 2.45) is 0 Å². The number of hydrogen-bond acceptors (Lipinski definition) is 5. The molecule has 1 fully saturated rings. The van der Waals surface area contributed by atoms with Crippen LogP contribution >= 0.6 is 11.3 Å². The number of anilines is 1. The van der Waals surface area contributed by atoms with E-state index in [1.165, 1.54) is 37.3 Å². The number of benzene rings is 1. The van der Waals surface area contributed by atoms with E-state index in [1.807, 2.05) is 18.2 Å². The summed E-state index contributed by atoms with van der Waals surface area (Å²) in [6.07, 6.45) is 3.76. The number of nitrogen functional groups attached to an aromatic ring is 1. The molecule has 1 saturated heterocycles. The zero-order valence-corrected chi connectivity index (χ0v) is 11.8. The van der Waals surface area contributed by atoms with Gasteiger partial charge in [0.25, 0.3) is 0 Å². The Morgan fingerprint density at radius 1 is 1.32 bits per heavy atom. The minimum atomic E-state index is 0.600. The SMILES string of the molecule is Nc1nc2c(OCCCN3CCCC3)cccc2s1. The molecule has 2 N–H and O–H groups in total. The second kappa shape index (κ2) is 5.75. The molecule has 0 amide bonds. The van der Waals surface area contributed by atoms with Gasteiger partial charge in [-0.05, 0) is 44.5 Å². The summed E-state index contributed by atoms with van der Waals surface area (Å²) < 4.78 is 6.95. The lowest BCUT2D eigenvalue weighted by Gasteiger charge is -2.14. The van der Waals surface area contributed by atoms with Crippen LogP contribution < -0.4 is 10.5 Å². The maximum atomic E-state index is 5.85. The molecule has 0 atom stereocenters. The second-order valence-corrected chi connectivity index (χ2v) is 5.97. The molecule has 1 aliphatic rings. The summed E-state index contributed by atoms with van der Waals surface area (Å²) in [5, 5.41) is 0.600. The van der Waals surface area contributed by atoms with Gasteiger partial charge in [0.15, 0.2) is 5.13 Å². The summed E-state index contributed by atoms with van der Waals surface area (Å²) in [7, 11) is 0. The fraction of sp³-hybridized carbons (Fsp3) is 0.500. The molecule has 5 heteroatoms. The summed E-state index contributed by atoms with van der Waals surface area (Å²) in [6, 6.07) is 5.99. The molecule has 2 heterocycles. The third-order valence-electron chi connectivity index (χ3n) is 3.47. The van der Waals surface area contributed by atoms with E-state index < -0.39 is 0 Å². The molecule has 0 bridgehead atoms. The summed E-state index contributed by atoms with van der Waals surface area (Å²) in [5.74, 6) is 0.854. The van der Waals surface area contributed by atoms with E-state index in [0.717, 1.165) is 35.5 Å². The maximum absolute atomic E-state index is 5.85. The van der Waals surface area contributed by atoms with Crippen molar-refractivity contribution in [2.45, 2.75) is 19.3 Å². The molecule has 4 nitrogen and oxygen atoms in total. The fourth-order valence-electron chi connectivity index (χ4n) is 2.53. The number of nitrogens with two attached hydrogens (primary N) is 1. The average Bonchev–Trinajstić information content (AvgIpc) is 3.02.